The Morgan fingerprint density at radius 2 is 2.21 bits per heavy atom. The minimum Gasteiger partial charge on any atom is -0.496 e. The van der Waals surface area contributed by atoms with Gasteiger partial charge in [0.05, 0.1) is 18.0 Å². The van der Waals surface area contributed by atoms with Gasteiger partial charge in [-0.2, -0.15) is 0 Å². The number of methoxy groups -OCH3 is 1. The van der Waals surface area contributed by atoms with Gasteiger partial charge in [0.15, 0.2) is 0 Å². The van der Waals surface area contributed by atoms with Gasteiger partial charge >= 0.3 is 5.97 Å². The predicted octanol–water partition coefficient (Wildman–Crippen LogP) is 2.30. The van der Waals surface area contributed by atoms with Crippen LogP contribution in [0, 0.1) is 22.0 Å². The number of ether oxygens (including phenoxy) is 2. The second-order valence-corrected chi connectivity index (χ2v) is 4.68. The summed E-state index contributed by atoms with van der Waals surface area (Å²) in [7, 11) is 1.47. The van der Waals surface area contributed by atoms with E-state index in [-0.39, 0.29) is 24.2 Å². The highest BCUT2D eigenvalue weighted by atomic mass is 16.6. The quantitative estimate of drug-likeness (QED) is 0.463. The van der Waals surface area contributed by atoms with Crippen LogP contribution in [0.2, 0.25) is 0 Å². The summed E-state index contributed by atoms with van der Waals surface area (Å²) < 4.78 is 10.3. The smallest absolute Gasteiger partial charge is 0.309 e. The minimum atomic E-state index is -0.492. The SMILES string of the molecule is COc1ccc([N+](=O)[O-])cc1COC(=O)C1CC1C. The first-order valence-corrected chi connectivity index (χ1v) is 6.01. The highest BCUT2D eigenvalue weighted by Gasteiger charge is 2.40. The summed E-state index contributed by atoms with van der Waals surface area (Å²) in [6.45, 7) is 1.98. The Bertz CT molecular complexity index is 514. The Hall–Kier alpha value is -2.11. The van der Waals surface area contributed by atoms with Crippen LogP contribution >= 0.6 is 0 Å². The molecule has 0 amide bonds. The summed E-state index contributed by atoms with van der Waals surface area (Å²) >= 11 is 0. The van der Waals surface area contributed by atoms with Crippen molar-refractivity contribution in [3.05, 3.63) is 33.9 Å². The van der Waals surface area contributed by atoms with Gasteiger partial charge < -0.3 is 9.47 Å². The maximum atomic E-state index is 11.6. The van der Waals surface area contributed by atoms with Crippen LogP contribution in [0.15, 0.2) is 18.2 Å². The molecule has 0 spiro atoms. The molecule has 1 aromatic rings. The fourth-order valence-corrected chi connectivity index (χ4v) is 1.90. The normalized spacial score (nSPS) is 20.7. The Morgan fingerprint density at radius 1 is 1.53 bits per heavy atom. The van der Waals surface area contributed by atoms with Crippen molar-refractivity contribution in [2.75, 3.05) is 7.11 Å². The fourth-order valence-electron chi connectivity index (χ4n) is 1.90. The number of benzene rings is 1. The molecule has 1 fully saturated rings. The van der Waals surface area contributed by atoms with E-state index in [2.05, 4.69) is 0 Å². The summed E-state index contributed by atoms with van der Waals surface area (Å²) in [5.74, 6) is 0.576. The van der Waals surface area contributed by atoms with E-state index in [9.17, 15) is 14.9 Å². The van der Waals surface area contributed by atoms with Crippen molar-refractivity contribution < 1.29 is 19.2 Å². The zero-order valence-corrected chi connectivity index (χ0v) is 10.8. The first-order chi connectivity index (χ1) is 9.02. The van der Waals surface area contributed by atoms with Crippen molar-refractivity contribution >= 4 is 11.7 Å². The van der Waals surface area contributed by atoms with Crippen LogP contribution in [0.4, 0.5) is 5.69 Å². The third-order valence-corrected chi connectivity index (χ3v) is 3.26. The van der Waals surface area contributed by atoms with Gasteiger partial charge in [-0.05, 0) is 18.4 Å². The molecule has 2 unspecified atom stereocenters. The van der Waals surface area contributed by atoms with Gasteiger partial charge in [0.1, 0.15) is 12.4 Å². The topological polar surface area (TPSA) is 78.7 Å². The molecule has 0 bridgehead atoms. The van der Waals surface area contributed by atoms with Gasteiger partial charge in [0.25, 0.3) is 5.69 Å². The van der Waals surface area contributed by atoms with Gasteiger partial charge in [-0.15, -0.1) is 0 Å². The fraction of sp³-hybridized carbons (Fsp3) is 0.462. The molecule has 1 aliphatic rings. The van der Waals surface area contributed by atoms with Gasteiger partial charge in [0, 0.05) is 17.7 Å². The summed E-state index contributed by atoms with van der Waals surface area (Å²) in [5, 5.41) is 10.7. The number of non-ortho nitro benzene ring substituents is 1. The Kier molecular flexibility index (Phi) is 3.69. The van der Waals surface area contributed by atoms with Gasteiger partial charge in [-0.25, -0.2) is 0 Å². The molecule has 1 aromatic carbocycles. The molecular weight excluding hydrogens is 250 g/mol. The second-order valence-electron chi connectivity index (χ2n) is 4.68. The molecule has 6 nitrogen and oxygen atoms in total. The van der Waals surface area contributed by atoms with Crippen LogP contribution in [0.3, 0.4) is 0 Å². The third kappa shape index (κ3) is 3.01. The van der Waals surface area contributed by atoms with E-state index in [1.165, 1.54) is 25.3 Å². The second kappa shape index (κ2) is 5.26. The molecule has 0 N–H and O–H groups in total. The van der Waals surface area contributed by atoms with E-state index < -0.39 is 4.92 Å². The lowest BCUT2D eigenvalue weighted by molar-refractivity contribution is -0.385. The molecule has 0 radical (unpaired) electrons. The van der Waals surface area contributed by atoms with E-state index in [1.807, 2.05) is 6.92 Å². The molecule has 0 aliphatic heterocycles. The Labute approximate surface area is 110 Å². The lowest BCUT2D eigenvalue weighted by atomic mass is 10.2. The maximum absolute atomic E-state index is 11.6. The van der Waals surface area contributed by atoms with Crippen LogP contribution in [0.5, 0.6) is 5.75 Å². The lowest BCUT2D eigenvalue weighted by Crippen LogP contribution is -2.08. The Morgan fingerprint density at radius 3 is 2.74 bits per heavy atom. The number of carbonyl (C=O) groups is 1. The molecule has 0 aromatic heterocycles. The van der Waals surface area contributed by atoms with E-state index in [4.69, 9.17) is 9.47 Å². The molecule has 0 heterocycles. The predicted molar refractivity (Wildman–Crippen MR) is 66.7 cm³/mol. The molecule has 6 heteroatoms. The average molecular weight is 265 g/mol. The van der Waals surface area contributed by atoms with E-state index in [0.29, 0.717) is 17.2 Å². The van der Waals surface area contributed by atoms with Crippen LogP contribution < -0.4 is 4.74 Å². The summed E-state index contributed by atoms with van der Waals surface area (Å²) in [6.07, 6.45) is 0.852. The number of nitrogens with zero attached hydrogens (tertiary/aromatic N) is 1. The number of esters is 1. The zero-order valence-electron chi connectivity index (χ0n) is 10.8. The molecule has 0 saturated heterocycles. The maximum Gasteiger partial charge on any atom is 0.309 e. The van der Waals surface area contributed by atoms with Gasteiger partial charge in [-0.1, -0.05) is 6.92 Å². The van der Waals surface area contributed by atoms with E-state index in [1.54, 1.807) is 0 Å². The number of rotatable bonds is 5. The van der Waals surface area contributed by atoms with E-state index >= 15 is 0 Å². The largest absolute Gasteiger partial charge is 0.496 e. The van der Waals surface area contributed by atoms with E-state index in [0.717, 1.165) is 6.42 Å². The van der Waals surface area contributed by atoms with Crippen LogP contribution in [0.25, 0.3) is 0 Å². The molecular formula is C13H15NO5. The number of nitro benzene ring substituents is 1. The van der Waals surface area contributed by atoms with Crippen molar-refractivity contribution in [1.82, 2.24) is 0 Å². The van der Waals surface area contributed by atoms with Crippen molar-refractivity contribution in [3.63, 3.8) is 0 Å². The first kappa shape index (κ1) is 13.3. The number of carbonyl (C=O) groups excluding carboxylic acids is 1. The van der Waals surface area contributed by atoms with Crippen LogP contribution in [0.1, 0.15) is 18.9 Å². The highest BCUT2D eigenvalue weighted by Crippen LogP contribution is 2.39. The molecule has 1 saturated carbocycles. The minimum absolute atomic E-state index is 0.00704. The molecule has 2 rings (SSSR count). The highest BCUT2D eigenvalue weighted by molar-refractivity contribution is 5.75. The first-order valence-electron chi connectivity index (χ1n) is 6.01. The number of nitro groups is 1. The van der Waals surface area contributed by atoms with Crippen LogP contribution in [-0.2, 0) is 16.1 Å². The van der Waals surface area contributed by atoms with Crippen molar-refractivity contribution in [3.8, 4) is 5.75 Å². The molecule has 19 heavy (non-hydrogen) atoms. The average Bonchev–Trinajstić information content (AvgIpc) is 3.12. The van der Waals surface area contributed by atoms with Crippen molar-refractivity contribution in [1.29, 1.82) is 0 Å². The number of hydrogen-bond donors (Lipinski definition) is 0. The van der Waals surface area contributed by atoms with Gasteiger partial charge in [0.2, 0.25) is 0 Å². The number of hydrogen-bond acceptors (Lipinski definition) is 5. The molecule has 1 aliphatic carbocycles. The Balaban J connectivity index is 2.07. The monoisotopic (exact) mass is 265 g/mol. The third-order valence-electron chi connectivity index (χ3n) is 3.26. The molecule has 102 valence electrons. The standard InChI is InChI=1S/C13H15NO5/c1-8-5-11(8)13(15)19-7-9-6-10(14(16)17)3-4-12(9)18-2/h3-4,6,8,11H,5,7H2,1-2H3. The lowest BCUT2D eigenvalue weighted by Gasteiger charge is -2.09. The van der Waals surface area contributed by atoms with Crippen molar-refractivity contribution in [2.45, 2.75) is 20.0 Å². The summed E-state index contributed by atoms with van der Waals surface area (Å²) in [6, 6.07) is 4.22. The summed E-state index contributed by atoms with van der Waals surface area (Å²) in [5.41, 5.74) is 0.449. The molecule has 2 atom stereocenters. The van der Waals surface area contributed by atoms with Gasteiger partial charge in [-0.3, -0.25) is 14.9 Å². The van der Waals surface area contributed by atoms with Crippen molar-refractivity contribution in [2.24, 2.45) is 11.8 Å². The summed E-state index contributed by atoms with van der Waals surface area (Å²) in [4.78, 5) is 21.8. The van der Waals surface area contributed by atoms with Crippen LogP contribution in [-0.4, -0.2) is 18.0 Å². The zero-order chi connectivity index (χ0) is 14.0.